The van der Waals surface area contributed by atoms with Gasteiger partial charge in [0.25, 0.3) is 5.56 Å². The molecule has 0 saturated heterocycles. The van der Waals surface area contributed by atoms with Gasteiger partial charge in [0.05, 0.1) is 6.04 Å². The van der Waals surface area contributed by atoms with Gasteiger partial charge < -0.3 is 10.3 Å². The molecule has 0 atom stereocenters. The maximum absolute atomic E-state index is 13.3. The van der Waals surface area contributed by atoms with E-state index in [1.165, 1.54) is 0 Å². The quantitative estimate of drug-likeness (QED) is 0.714. The lowest BCUT2D eigenvalue weighted by Gasteiger charge is -2.24. The first kappa shape index (κ1) is 16.0. The molecule has 0 spiro atoms. The Kier molecular flexibility index (Phi) is 4.34. The van der Waals surface area contributed by atoms with Gasteiger partial charge in [0, 0.05) is 17.8 Å². The molecule has 2 aromatic carbocycles. The van der Waals surface area contributed by atoms with E-state index < -0.39 is 0 Å². The van der Waals surface area contributed by atoms with E-state index in [-0.39, 0.29) is 11.6 Å². The number of aromatic nitrogens is 2. The van der Waals surface area contributed by atoms with Gasteiger partial charge in [-0.3, -0.25) is 9.36 Å². The first-order valence-electron chi connectivity index (χ1n) is 8.43. The van der Waals surface area contributed by atoms with E-state index in [9.17, 15) is 4.79 Å². The summed E-state index contributed by atoms with van der Waals surface area (Å²) in [6.45, 7) is 1.48. The number of hydrogen-bond donors (Lipinski definition) is 2. The molecule has 0 amide bonds. The van der Waals surface area contributed by atoms with Gasteiger partial charge in [0.15, 0.2) is 4.77 Å². The number of benzene rings is 2. The van der Waals surface area contributed by atoms with Crippen LogP contribution in [0.2, 0.25) is 0 Å². The zero-order valence-corrected chi connectivity index (χ0v) is 14.6. The highest BCUT2D eigenvalue weighted by Crippen LogP contribution is 2.26. The smallest absolute Gasteiger partial charge is 0.258 e. The van der Waals surface area contributed by atoms with E-state index in [4.69, 9.17) is 12.2 Å². The van der Waals surface area contributed by atoms with Gasteiger partial charge in [0.1, 0.15) is 0 Å². The summed E-state index contributed by atoms with van der Waals surface area (Å²) >= 11 is 5.58. The van der Waals surface area contributed by atoms with Crippen molar-refractivity contribution >= 4 is 12.2 Å². The van der Waals surface area contributed by atoms with Crippen molar-refractivity contribution in [2.75, 3.05) is 6.54 Å². The summed E-state index contributed by atoms with van der Waals surface area (Å²) in [5, 5.41) is 3.28. The van der Waals surface area contributed by atoms with Gasteiger partial charge in [-0.05, 0) is 36.3 Å². The molecule has 0 fully saturated rings. The molecule has 2 heterocycles. The predicted octanol–water partition coefficient (Wildman–Crippen LogP) is 3.19. The van der Waals surface area contributed by atoms with Gasteiger partial charge >= 0.3 is 0 Å². The highest BCUT2D eigenvalue weighted by molar-refractivity contribution is 7.71. The summed E-state index contributed by atoms with van der Waals surface area (Å²) in [6.07, 6.45) is 0.719. The van der Waals surface area contributed by atoms with Gasteiger partial charge in [-0.25, -0.2) is 0 Å². The van der Waals surface area contributed by atoms with Crippen molar-refractivity contribution in [1.82, 2.24) is 14.9 Å². The second kappa shape index (κ2) is 6.78. The predicted molar refractivity (Wildman–Crippen MR) is 101 cm³/mol. The third kappa shape index (κ3) is 2.97. The van der Waals surface area contributed by atoms with E-state index in [0.29, 0.717) is 11.3 Å². The fourth-order valence-electron chi connectivity index (χ4n) is 3.46. The lowest BCUT2D eigenvalue weighted by Crippen LogP contribution is -2.37. The van der Waals surface area contributed by atoms with Crippen LogP contribution in [0.4, 0.5) is 0 Å². The van der Waals surface area contributed by atoms with E-state index in [1.54, 1.807) is 4.57 Å². The van der Waals surface area contributed by atoms with Crippen LogP contribution in [0.3, 0.4) is 0 Å². The van der Waals surface area contributed by atoms with Crippen LogP contribution in [0.15, 0.2) is 65.5 Å². The molecular weight excluding hydrogens is 330 g/mol. The van der Waals surface area contributed by atoms with Crippen LogP contribution < -0.4 is 10.9 Å². The Hall–Kier alpha value is -2.50. The van der Waals surface area contributed by atoms with Crippen molar-refractivity contribution in [3.63, 3.8) is 0 Å². The van der Waals surface area contributed by atoms with Crippen LogP contribution >= 0.6 is 12.2 Å². The molecular formula is C20H19N3OS. The van der Waals surface area contributed by atoms with E-state index in [2.05, 4.69) is 10.3 Å². The molecule has 0 bridgehead atoms. The molecule has 25 heavy (non-hydrogen) atoms. The lowest BCUT2D eigenvalue weighted by molar-refractivity contribution is 0.566. The first-order chi connectivity index (χ1) is 12.3. The summed E-state index contributed by atoms with van der Waals surface area (Å²) in [5.41, 5.74) is 3.85. The number of H-pyrrole nitrogens is 1. The second-order valence-corrected chi connectivity index (χ2v) is 6.60. The summed E-state index contributed by atoms with van der Waals surface area (Å²) in [6, 6.07) is 19.9. The first-order valence-corrected chi connectivity index (χ1v) is 8.83. The number of hydrogen-bond acceptors (Lipinski definition) is 3. The van der Waals surface area contributed by atoms with Crippen molar-refractivity contribution < 1.29 is 0 Å². The lowest BCUT2D eigenvalue weighted by atomic mass is 9.98. The molecule has 126 valence electrons. The van der Waals surface area contributed by atoms with Crippen LogP contribution in [-0.4, -0.2) is 16.1 Å². The van der Waals surface area contributed by atoms with Crippen LogP contribution in [0.1, 0.15) is 28.4 Å². The zero-order chi connectivity index (χ0) is 17.2. The average molecular weight is 349 g/mol. The molecule has 3 aromatic rings. The SMILES string of the molecule is O=c1c2c([nH]c(=S)n1C(c1ccccc1)c1ccccc1)CNCC2. The third-order valence-electron chi connectivity index (χ3n) is 4.66. The van der Waals surface area contributed by atoms with Crippen LogP contribution in [0, 0.1) is 4.77 Å². The Morgan fingerprint density at radius 3 is 2.16 bits per heavy atom. The van der Waals surface area contributed by atoms with Gasteiger partial charge in [-0.15, -0.1) is 0 Å². The Bertz CT molecular complexity index is 953. The van der Waals surface area contributed by atoms with Crippen molar-refractivity contribution in [2.24, 2.45) is 0 Å². The number of rotatable bonds is 3. The Balaban J connectivity index is 1.98. The maximum Gasteiger partial charge on any atom is 0.258 e. The fraction of sp³-hybridized carbons (Fsp3) is 0.200. The standard InChI is InChI=1S/C20H19N3OS/c24-19-16-11-12-21-13-17(16)22-20(25)23(19)18(14-7-3-1-4-8-14)15-9-5-2-6-10-15/h1-10,18,21H,11-13H2,(H,22,25). The number of aromatic amines is 1. The molecule has 4 nitrogen and oxygen atoms in total. The fourth-order valence-corrected chi connectivity index (χ4v) is 3.77. The minimum Gasteiger partial charge on any atom is -0.334 e. The molecule has 2 N–H and O–H groups in total. The number of fused-ring (bicyclic) bond motifs is 1. The molecule has 0 radical (unpaired) electrons. The van der Waals surface area contributed by atoms with Crippen LogP contribution in [-0.2, 0) is 13.0 Å². The molecule has 1 aliphatic heterocycles. The molecule has 1 aliphatic rings. The summed E-state index contributed by atoms with van der Waals surface area (Å²) in [4.78, 5) is 16.5. The third-order valence-corrected chi connectivity index (χ3v) is 4.96. The van der Waals surface area contributed by atoms with Crippen molar-refractivity contribution in [3.8, 4) is 0 Å². The normalized spacial score (nSPS) is 13.6. The van der Waals surface area contributed by atoms with Gasteiger partial charge in [-0.1, -0.05) is 60.7 Å². The number of nitrogens with one attached hydrogen (secondary N) is 2. The highest BCUT2D eigenvalue weighted by atomic mass is 32.1. The summed E-state index contributed by atoms with van der Waals surface area (Å²) in [7, 11) is 0. The van der Waals surface area contributed by atoms with Crippen molar-refractivity contribution in [3.05, 3.63) is 98.2 Å². The van der Waals surface area contributed by atoms with Gasteiger partial charge in [-0.2, -0.15) is 0 Å². The monoisotopic (exact) mass is 349 g/mol. The zero-order valence-electron chi connectivity index (χ0n) is 13.7. The molecule has 4 rings (SSSR count). The van der Waals surface area contributed by atoms with E-state index in [0.717, 1.165) is 35.3 Å². The maximum atomic E-state index is 13.3. The van der Waals surface area contributed by atoms with Crippen molar-refractivity contribution in [1.29, 1.82) is 0 Å². The molecule has 0 aliphatic carbocycles. The molecule has 0 saturated carbocycles. The Labute approximate surface area is 151 Å². The highest BCUT2D eigenvalue weighted by Gasteiger charge is 2.23. The largest absolute Gasteiger partial charge is 0.334 e. The molecule has 1 aromatic heterocycles. The minimum absolute atomic E-state index is 0.0120. The minimum atomic E-state index is -0.237. The van der Waals surface area contributed by atoms with Crippen LogP contribution in [0.5, 0.6) is 0 Å². The Morgan fingerprint density at radius 2 is 1.56 bits per heavy atom. The summed E-state index contributed by atoms with van der Waals surface area (Å²) < 4.78 is 2.19. The molecule has 5 heteroatoms. The number of nitrogens with zero attached hydrogens (tertiary/aromatic N) is 1. The molecule has 0 unspecified atom stereocenters. The second-order valence-electron chi connectivity index (χ2n) is 6.21. The Morgan fingerprint density at radius 1 is 0.960 bits per heavy atom. The topological polar surface area (TPSA) is 49.8 Å². The van der Waals surface area contributed by atoms with E-state index >= 15 is 0 Å². The van der Waals surface area contributed by atoms with Gasteiger partial charge in [0.2, 0.25) is 0 Å². The van der Waals surface area contributed by atoms with Crippen LogP contribution in [0.25, 0.3) is 0 Å². The van der Waals surface area contributed by atoms with E-state index in [1.807, 2.05) is 60.7 Å². The summed E-state index contributed by atoms with van der Waals surface area (Å²) in [5.74, 6) is 0. The average Bonchev–Trinajstić information content (AvgIpc) is 2.66. The van der Waals surface area contributed by atoms with Crippen molar-refractivity contribution in [2.45, 2.75) is 19.0 Å².